The fourth-order valence-corrected chi connectivity index (χ4v) is 4.36. The van der Waals surface area contributed by atoms with E-state index in [2.05, 4.69) is 44.8 Å². The van der Waals surface area contributed by atoms with Gasteiger partial charge in [0.25, 0.3) is 0 Å². The van der Waals surface area contributed by atoms with Gasteiger partial charge in [0.1, 0.15) is 0 Å². The summed E-state index contributed by atoms with van der Waals surface area (Å²) in [6.45, 7) is 13.5. The summed E-state index contributed by atoms with van der Waals surface area (Å²) >= 11 is 0. The fourth-order valence-electron chi connectivity index (χ4n) is 3.23. The van der Waals surface area contributed by atoms with Crippen molar-refractivity contribution in [2.75, 3.05) is 20.2 Å². The lowest BCUT2D eigenvalue weighted by atomic mass is 9.87. The molecule has 1 aliphatic heterocycles. The molecule has 0 N–H and O–H groups in total. The van der Waals surface area contributed by atoms with Crippen LogP contribution >= 0.6 is 0 Å². The number of ether oxygens (including phenoxy) is 1. The van der Waals surface area contributed by atoms with Crippen LogP contribution in [0, 0.1) is 5.92 Å². The van der Waals surface area contributed by atoms with E-state index in [0.29, 0.717) is 0 Å². The molecule has 0 aromatic rings. The zero-order valence-electron chi connectivity index (χ0n) is 15.6. The molecular formula is C18H33NO3Si. The molecule has 4 nitrogen and oxygen atoms in total. The van der Waals surface area contributed by atoms with Crippen molar-refractivity contribution in [3.05, 3.63) is 11.8 Å². The van der Waals surface area contributed by atoms with Crippen LogP contribution in [0.4, 0.5) is 0 Å². The quantitative estimate of drug-likeness (QED) is 0.574. The van der Waals surface area contributed by atoms with E-state index in [-0.39, 0.29) is 23.0 Å². The van der Waals surface area contributed by atoms with E-state index in [9.17, 15) is 4.79 Å². The van der Waals surface area contributed by atoms with Gasteiger partial charge in [0.2, 0.25) is 8.32 Å². The second-order valence-electron chi connectivity index (χ2n) is 8.40. The Balaban J connectivity index is 2.20. The third kappa shape index (κ3) is 4.18. The highest BCUT2D eigenvalue weighted by atomic mass is 28.4. The molecule has 132 valence electrons. The van der Waals surface area contributed by atoms with Gasteiger partial charge in [0, 0.05) is 12.5 Å². The predicted molar refractivity (Wildman–Crippen MR) is 95.7 cm³/mol. The molecule has 0 saturated carbocycles. The van der Waals surface area contributed by atoms with Gasteiger partial charge in [-0.25, -0.2) is 0 Å². The number of carbonyl (C=O) groups is 1. The number of methoxy groups -OCH3 is 1. The average Bonchev–Trinajstić information content (AvgIpc) is 2.99. The topological polar surface area (TPSA) is 38.8 Å². The number of esters is 1. The number of nitrogens with zero attached hydrogens (tertiary/aromatic N) is 1. The predicted octanol–water partition coefficient (Wildman–Crippen LogP) is 3.94. The monoisotopic (exact) mass is 339 g/mol. The summed E-state index contributed by atoms with van der Waals surface area (Å²) in [5, 5.41) is 0.191. The third-order valence-electron chi connectivity index (χ3n) is 5.73. The molecular weight excluding hydrogens is 306 g/mol. The van der Waals surface area contributed by atoms with E-state index in [0.717, 1.165) is 31.7 Å². The summed E-state index contributed by atoms with van der Waals surface area (Å²) in [4.78, 5) is 14.6. The van der Waals surface area contributed by atoms with E-state index in [1.807, 2.05) is 0 Å². The van der Waals surface area contributed by atoms with Gasteiger partial charge in [-0.3, -0.25) is 9.69 Å². The molecule has 23 heavy (non-hydrogen) atoms. The van der Waals surface area contributed by atoms with Crippen molar-refractivity contribution < 1.29 is 14.0 Å². The number of carbonyl (C=O) groups excluding carboxylic acids is 1. The number of hydrogen-bond acceptors (Lipinski definition) is 4. The Morgan fingerprint density at radius 3 is 2.39 bits per heavy atom. The lowest BCUT2D eigenvalue weighted by Gasteiger charge is -2.40. The molecule has 0 aromatic carbocycles. The van der Waals surface area contributed by atoms with Crippen LogP contribution in [0.5, 0.6) is 0 Å². The van der Waals surface area contributed by atoms with Crippen LogP contribution < -0.4 is 0 Å². The Kier molecular flexibility index (Phi) is 5.62. The maximum absolute atomic E-state index is 12.2. The molecule has 0 aromatic heterocycles. The lowest BCUT2D eigenvalue weighted by Crippen LogP contribution is -2.45. The average molecular weight is 340 g/mol. The first kappa shape index (κ1) is 18.5. The Morgan fingerprint density at radius 2 is 1.87 bits per heavy atom. The van der Waals surface area contributed by atoms with Gasteiger partial charge < -0.3 is 9.16 Å². The van der Waals surface area contributed by atoms with Gasteiger partial charge in [-0.1, -0.05) is 20.8 Å². The van der Waals surface area contributed by atoms with Crippen LogP contribution in [0.1, 0.15) is 46.5 Å². The van der Waals surface area contributed by atoms with E-state index < -0.39 is 8.32 Å². The van der Waals surface area contributed by atoms with Crippen LogP contribution in [-0.4, -0.2) is 45.4 Å². The molecule has 1 heterocycles. The van der Waals surface area contributed by atoms with Gasteiger partial charge in [0.05, 0.1) is 18.8 Å². The summed E-state index contributed by atoms with van der Waals surface area (Å²) in [6.07, 6.45) is 6.33. The molecule has 0 radical (unpaired) electrons. The van der Waals surface area contributed by atoms with Crippen molar-refractivity contribution in [1.29, 1.82) is 0 Å². The molecule has 0 unspecified atom stereocenters. The van der Waals surface area contributed by atoms with Crippen molar-refractivity contribution in [3.8, 4) is 0 Å². The highest BCUT2D eigenvalue weighted by Gasteiger charge is 2.42. The normalized spacial score (nSPS) is 26.8. The Labute approximate surface area is 142 Å². The Bertz CT molecular complexity index is 461. The number of rotatable bonds is 4. The molecule has 1 saturated heterocycles. The third-order valence-corrected chi connectivity index (χ3v) is 10.1. The highest BCUT2D eigenvalue weighted by molar-refractivity contribution is 6.74. The van der Waals surface area contributed by atoms with E-state index >= 15 is 0 Å². The minimum atomic E-state index is -1.82. The number of likely N-dealkylation sites (tertiary alicyclic amines) is 1. The van der Waals surface area contributed by atoms with Crippen LogP contribution in [-0.2, 0) is 14.0 Å². The summed E-state index contributed by atoms with van der Waals surface area (Å²) in [6, 6.07) is 0.137. The molecule has 2 aliphatic rings. The second-order valence-corrected chi connectivity index (χ2v) is 13.1. The zero-order chi connectivity index (χ0) is 17.3. The first-order valence-corrected chi connectivity index (χ1v) is 11.8. The largest absolute Gasteiger partial charge is 0.547 e. The van der Waals surface area contributed by atoms with Gasteiger partial charge in [-0.2, -0.15) is 0 Å². The Morgan fingerprint density at radius 1 is 1.26 bits per heavy atom. The van der Waals surface area contributed by atoms with Gasteiger partial charge in [-0.05, 0) is 56.6 Å². The summed E-state index contributed by atoms with van der Waals surface area (Å²) < 4.78 is 11.6. The first-order chi connectivity index (χ1) is 10.7. The smallest absolute Gasteiger partial charge is 0.310 e. The van der Waals surface area contributed by atoms with Crippen LogP contribution in [0.25, 0.3) is 0 Å². The van der Waals surface area contributed by atoms with Crippen molar-refractivity contribution >= 4 is 14.3 Å². The minimum Gasteiger partial charge on any atom is -0.547 e. The molecule has 2 rings (SSSR count). The minimum absolute atomic E-state index is 0.0511. The second kappa shape index (κ2) is 6.97. The molecule has 1 aliphatic carbocycles. The molecule has 0 bridgehead atoms. The number of allylic oxidation sites excluding steroid dienone is 1. The van der Waals surface area contributed by atoms with E-state index in [4.69, 9.17) is 9.16 Å². The molecule has 2 atom stereocenters. The summed E-state index contributed by atoms with van der Waals surface area (Å²) in [5.74, 6) is 0.961. The summed E-state index contributed by atoms with van der Waals surface area (Å²) in [5.41, 5.74) is 0. The van der Waals surface area contributed by atoms with Crippen LogP contribution in [0.15, 0.2) is 11.8 Å². The van der Waals surface area contributed by atoms with Gasteiger partial charge in [0.15, 0.2) is 0 Å². The van der Waals surface area contributed by atoms with Crippen LogP contribution in [0.3, 0.4) is 0 Å². The lowest BCUT2D eigenvalue weighted by molar-refractivity contribution is -0.147. The molecule has 5 heteroatoms. The van der Waals surface area contributed by atoms with Gasteiger partial charge >= 0.3 is 5.97 Å². The SMILES string of the molecule is COC(=O)[C@@H]1CCC(O[Si](C)(C)C(C)(C)C)=C[C@H]1N1CCCC1. The van der Waals surface area contributed by atoms with E-state index in [1.165, 1.54) is 20.0 Å². The first-order valence-electron chi connectivity index (χ1n) is 8.87. The van der Waals surface area contributed by atoms with E-state index in [1.54, 1.807) is 0 Å². The zero-order valence-corrected chi connectivity index (χ0v) is 16.6. The molecule has 1 fully saturated rings. The molecule has 0 amide bonds. The van der Waals surface area contributed by atoms with Crippen molar-refractivity contribution in [3.63, 3.8) is 0 Å². The van der Waals surface area contributed by atoms with Crippen molar-refractivity contribution in [2.45, 2.75) is 70.6 Å². The maximum Gasteiger partial charge on any atom is 0.310 e. The standard InChI is InChI=1S/C18H33NO3Si/c1-18(2,3)23(5,6)22-14-9-10-15(17(20)21-4)16(13-14)19-11-7-8-12-19/h13,15-16H,7-12H2,1-6H3/t15-,16-/m1/s1. The fraction of sp³-hybridized carbons (Fsp3) is 0.833. The maximum atomic E-state index is 12.2. The summed E-state index contributed by atoms with van der Waals surface area (Å²) in [7, 11) is -0.327. The van der Waals surface area contributed by atoms with Gasteiger partial charge in [-0.15, -0.1) is 0 Å². The Hall–Kier alpha value is -0.813. The highest BCUT2D eigenvalue weighted by Crippen LogP contribution is 2.40. The van der Waals surface area contributed by atoms with Crippen molar-refractivity contribution in [1.82, 2.24) is 4.90 Å². The number of hydrogen-bond donors (Lipinski definition) is 0. The van der Waals surface area contributed by atoms with Crippen molar-refractivity contribution in [2.24, 2.45) is 5.92 Å². The molecule has 0 spiro atoms. The van der Waals surface area contributed by atoms with Crippen LogP contribution in [0.2, 0.25) is 18.1 Å².